The van der Waals surface area contributed by atoms with Crippen molar-refractivity contribution in [3.8, 4) is 0 Å². The molecule has 3 nitrogen and oxygen atoms in total. The molecular formula is C16H37NO2Si. The monoisotopic (exact) mass is 303 g/mol. The second-order valence-corrected chi connectivity index (χ2v) is 9.26. The predicted molar refractivity (Wildman–Crippen MR) is 89.9 cm³/mol. The molecule has 0 fully saturated rings. The quantitative estimate of drug-likeness (QED) is 0.335. The highest BCUT2D eigenvalue weighted by Gasteiger charge is 2.27. The molecule has 4 N–H and O–H groups in total. The Morgan fingerprint density at radius 2 is 1.25 bits per heavy atom. The molecular weight excluding hydrogens is 266 g/mol. The first-order chi connectivity index (χ1) is 9.52. The van der Waals surface area contributed by atoms with Crippen LogP contribution < -0.4 is 5.73 Å². The van der Waals surface area contributed by atoms with Crippen molar-refractivity contribution in [2.75, 3.05) is 0 Å². The second kappa shape index (κ2) is 12.8. The summed E-state index contributed by atoms with van der Waals surface area (Å²) in [5.74, 6) is 0. The van der Waals surface area contributed by atoms with E-state index in [1.165, 1.54) is 38.5 Å². The largest absolute Gasteiger partial charge is 0.411 e. The Morgan fingerprint density at radius 1 is 0.750 bits per heavy atom. The highest BCUT2D eigenvalue weighted by molar-refractivity contribution is 6.64. The average molecular weight is 304 g/mol. The van der Waals surface area contributed by atoms with Gasteiger partial charge in [0.1, 0.15) is 0 Å². The fourth-order valence-corrected chi connectivity index (χ4v) is 4.42. The summed E-state index contributed by atoms with van der Waals surface area (Å²) in [6.07, 6.45) is 12.4. The summed E-state index contributed by atoms with van der Waals surface area (Å²) in [6, 6.07) is 1.48. The molecule has 0 rings (SSSR count). The van der Waals surface area contributed by atoms with Gasteiger partial charge in [-0.05, 0) is 31.4 Å². The van der Waals surface area contributed by atoms with Gasteiger partial charge >= 0.3 is 8.56 Å². The van der Waals surface area contributed by atoms with Crippen molar-refractivity contribution in [1.82, 2.24) is 0 Å². The van der Waals surface area contributed by atoms with Gasteiger partial charge in [-0.15, -0.1) is 0 Å². The fraction of sp³-hybridized carbons (Fsp3) is 1.00. The topological polar surface area (TPSA) is 66.5 Å². The molecule has 0 bridgehead atoms. The van der Waals surface area contributed by atoms with E-state index in [1.807, 2.05) is 0 Å². The Morgan fingerprint density at radius 3 is 1.85 bits per heavy atom. The Hall–Kier alpha value is 0.0969. The third kappa shape index (κ3) is 13.1. The van der Waals surface area contributed by atoms with Crippen molar-refractivity contribution >= 4 is 8.56 Å². The van der Waals surface area contributed by atoms with Gasteiger partial charge in [-0.2, -0.15) is 0 Å². The third-order valence-corrected chi connectivity index (χ3v) is 6.32. The molecule has 0 aromatic carbocycles. The van der Waals surface area contributed by atoms with Crippen LogP contribution in [-0.4, -0.2) is 24.2 Å². The van der Waals surface area contributed by atoms with Crippen LogP contribution in [0.4, 0.5) is 0 Å². The van der Waals surface area contributed by atoms with Crippen molar-refractivity contribution < 1.29 is 9.59 Å². The Bertz CT molecular complexity index is 213. The minimum absolute atomic E-state index is 0.247. The van der Waals surface area contributed by atoms with E-state index in [-0.39, 0.29) is 6.04 Å². The summed E-state index contributed by atoms with van der Waals surface area (Å²) in [7, 11) is -2.92. The Labute approximate surface area is 127 Å². The molecule has 0 aromatic heterocycles. The Kier molecular flexibility index (Phi) is 12.9. The van der Waals surface area contributed by atoms with Crippen LogP contribution in [0, 0.1) is 0 Å². The van der Waals surface area contributed by atoms with E-state index in [0.29, 0.717) is 12.1 Å². The van der Waals surface area contributed by atoms with Gasteiger partial charge in [0, 0.05) is 6.04 Å². The van der Waals surface area contributed by atoms with E-state index >= 15 is 0 Å². The van der Waals surface area contributed by atoms with Crippen molar-refractivity contribution in [3.05, 3.63) is 0 Å². The minimum atomic E-state index is -2.92. The summed E-state index contributed by atoms with van der Waals surface area (Å²) >= 11 is 0. The molecule has 0 saturated heterocycles. The molecule has 4 heteroatoms. The summed E-state index contributed by atoms with van der Waals surface area (Å²) in [6.45, 7) is 4.39. The molecule has 0 spiro atoms. The summed E-state index contributed by atoms with van der Waals surface area (Å²) in [4.78, 5) is 20.1. The van der Waals surface area contributed by atoms with Crippen LogP contribution in [0.1, 0.15) is 84.5 Å². The maximum Gasteiger partial charge on any atom is 0.332 e. The molecule has 122 valence electrons. The summed E-state index contributed by atoms with van der Waals surface area (Å²) in [5.41, 5.74) is 6.08. The van der Waals surface area contributed by atoms with Crippen molar-refractivity contribution in [2.24, 2.45) is 5.73 Å². The number of unbranched alkanes of at least 4 members (excludes halogenated alkanes) is 6. The summed E-state index contributed by atoms with van der Waals surface area (Å²) in [5, 5.41) is 0. The van der Waals surface area contributed by atoms with Crippen molar-refractivity contribution in [1.29, 1.82) is 0 Å². The number of hydrogen-bond donors (Lipinski definition) is 3. The lowest BCUT2D eigenvalue weighted by Crippen LogP contribution is -2.34. The zero-order chi connectivity index (χ0) is 15.3. The lowest BCUT2D eigenvalue weighted by molar-refractivity contribution is 0.349. The first kappa shape index (κ1) is 20.1. The first-order valence-electron chi connectivity index (χ1n) is 8.72. The van der Waals surface area contributed by atoms with E-state index in [9.17, 15) is 9.59 Å². The van der Waals surface area contributed by atoms with E-state index in [2.05, 4.69) is 13.8 Å². The van der Waals surface area contributed by atoms with Gasteiger partial charge < -0.3 is 15.3 Å². The molecule has 1 atom stereocenters. The molecule has 0 aliphatic rings. The number of nitrogens with two attached hydrogens (primary N) is 1. The van der Waals surface area contributed by atoms with Crippen molar-refractivity contribution in [2.45, 2.75) is 103 Å². The van der Waals surface area contributed by atoms with Gasteiger partial charge in [0.2, 0.25) is 0 Å². The van der Waals surface area contributed by atoms with Crippen LogP contribution in [0.15, 0.2) is 0 Å². The van der Waals surface area contributed by atoms with Crippen LogP contribution in [-0.2, 0) is 0 Å². The van der Waals surface area contributed by atoms with Gasteiger partial charge in [0.05, 0.1) is 0 Å². The number of rotatable bonds is 14. The summed E-state index contributed by atoms with van der Waals surface area (Å²) < 4.78 is 0. The van der Waals surface area contributed by atoms with Crippen LogP contribution in [0.2, 0.25) is 12.1 Å². The molecule has 0 aliphatic carbocycles. The van der Waals surface area contributed by atoms with Crippen LogP contribution >= 0.6 is 0 Å². The standard InChI is InChI=1S/C16H37NO2Si/c1-3-5-7-9-12-16(17)13-11-15-20(18,19)14-10-8-6-4-2/h16,18-19H,3-15,17H2,1-2H3. The average Bonchev–Trinajstić information content (AvgIpc) is 2.40. The van der Waals surface area contributed by atoms with E-state index < -0.39 is 8.56 Å². The molecule has 20 heavy (non-hydrogen) atoms. The fourth-order valence-electron chi connectivity index (χ4n) is 2.58. The molecule has 0 aliphatic heterocycles. The minimum Gasteiger partial charge on any atom is -0.411 e. The number of hydrogen-bond acceptors (Lipinski definition) is 3. The lowest BCUT2D eigenvalue weighted by atomic mass is 10.0. The smallest absolute Gasteiger partial charge is 0.332 e. The third-order valence-electron chi connectivity index (χ3n) is 4.01. The van der Waals surface area contributed by atoms with E-state index in [0.717, 1.165) is 32.1 Å². The maximum absolute atomic E-state index is 10.0. The van der Waals surface area contributed by atoms with E-state index in [1.54, 1.807) is 0 Å². The van der Waals surface area contributed by atoms with Gasteiger partial charge in [0.25, 0.3) is 0 Å². The zero-order valence-electron chi connectivity index (χ0n) is 13.7. The second-order valence-electron chi connectivity index (χ2n) is 6.29. The molecule has 0 radical (unpaired) electrons. The SMILES string of the molecule is CCCCCCC(N)CCC[Si](O)(O)CCCCCC. The predicted octanol–water partition coefficient (Wildman–Crippen LogP) is 4.07. The normalized spacial score (nSPS) is 13.7. The van der Waals surface area contributed by atoms with Gasteiger partial charge in [-0.25, -0.2) is 0 Å². The molecule has 0 saturated carbocycles. The van der Waals surface area contributed by atoms with Gasteiger partial charge in [-0.3, -0.25) is 0 Å². The highest BCUT2D eigenvalue weighted by Crippen LogP contribution is 2.18. The lowest BCUT2D eigenvalue weighted by Gasteiger charge is -2.19. The van der Waals surface area contributed by atoms with E-state index in [4.69, 9.17) is 5.73 Å². The van der Waals surface area contributed by atoms with Crippen LogP contribution in [0.5, 0.6) is 0 Å². The molecule has 0 aromatic rings. The van der Waals surface area contributed by atoms with Gasteiger partial charge in [0.15, 0.2) is 0 Å². The van der Waals surface area contributed by atoms with Gasteiger partial charge in [-0.1, -0.05) is 65.2 Å². The maximum atomic E-state index is 10.0. The molecule has 0 heterocycles. The zero-order valence-corrected chi connectivity index (χ0v) is 14.7. The molecule has 0 amide bonds. The van der Waals surface area contributed by atoms with Crippen LogP contribution in [0.25, 0.3) is 0 Å². The first-order valence-corrected chi connectivity index (χ1v) is 11.0. The Balaban J connectivity index is 3.54. The highest BCUT2D eigenvalue weighted by atomic mass is 28.4. The molecule has 1 unspecified atom stereocenters. The van der Waals surface area contributed by atoms with Crippen LogP contribution in [0.3, 0.4) is 0 Å². The van der Waals surface area contributed by atoms with Crippen molar-refractivity contribution in [3.63, 3.8) is 0 Å².